The van der Waals surface area contributed by atoms with Gasteiger partial charge in [-0.3, -0.25) is 9.69 Å². The Morgan fingerprint density at radius 2 is 2.00 bits per heavy atom. The van der Waals surface area contributed by atoms with Crippen LogP contribution in [-0.2, 0) is 4.79 Å². The fourth-order valence-electron chi connectivity index (χ4n) is 1.76. The molecule has 0 atom stereocenters. The molecule has 0 spiro atoms. The lowest BCUT2D eigenvalue weighted by Gasteiger charge is -2.03. The monoisotopic (exact) mass is 367 g/mol. The van der Waals surface area contributed by atoms with Crippen LogP contribution in [0.5, 0.6) is 0 Å². The quantitative estimate of drug-likeness (QED) is 0.568. The Kier molecular flexibility index (Phi) is 4.63. The van der Waals surface area contributed by atoms with E-state index in [-0.39, 0.29) is 5.91 Å². The number of hydrogen-bond donors (Lipinski definition) is 0. The third-order valence-electron chi connectivity index (χ3n) is 2.89. The van der Waals surface area contributed by atoms with Gasteiger partial charge >= 0.3 is 0 Å². The predicted molar refractivity (Wildman–Crippen MR) is 95.2 cm³/mol. The van der Waals surface area contributed by atoms with E-state index in [2.05, 4.69) is 0 Å². The summed E-state index contributed by atoms with van der Waals surface area (Å²) in [5.41, 5.74) is 0. The molecule has 0 saturated carbocycles. The number of thiocarbonyl (C=S) groups is 1. The zero-order valence-corrected chi connectivity index (χ0v) is 14.6. The van der Waals surface area contributed by atoms with Crippen molar-refractivity contribution in [2.45, 2.75) is 9.99 Å². The molecule has 0 aliphatic carbocycles. The maximum Gasteiger partial charge on any atom is 0.266 e. The number of likely N-dealkylation sites (N-methyl/N-ethyl adjacent to an activating group) is 1. The smallest absolute Gasteiger partial charge is 0.266 e. The van der Waals surface area contributed by atoms with Gasteiger partial charge in [-0.15, -0.1) is 0 Å². The molecule has 0 bridgehead atoms. The molecule has 2 heterocycles. The van der Waals surface area contributed by atoms with Gasteiger partial charge in [-0.2, -0.15) is 0 Å². The Morgan fingerprint density at radius 3 is 2.64 bits per heavy atom. The summed E-state index contributed by atoms with van der Waals surface area (Å²) in [7, 11) is 1.67. The summed E-state index contributed by atoms with van der Waals surface area (Å²) in [6.45, 7) is 0. The predicted octanol–water partition coefficient (Wildman–Crippen LogP) is 4.92. The molecule has 1 aromatic heterocycles. The molecule has 1 saturated heterocycles. The fraction of sp³-hybridized carbons (Fsp3) is 0.0667. The van der Waals surface area contributed by atoms with Gasteiger partial charge in [0.25, 0.3) is 5.91 Å². The summed E-state index contributed by atoms with van der Waals surface area (Å²) in [5.74, 6) is 0.531. The van der Waals surface area contributed by atoms with Crippen molar-refractivity contribution < 1.29 is 9.21 Å². The van der Waals surface area contributed by atoms with Crippen LogP contribution in [0.25, 0.3) is 6.08 Å². The number of rotatable bonds is 3. The minimum atomic E-state index is -0.0988. The molecular weight excluding hydrogens is 358 g/mol. The standard InChI is InChI=1S/C15H10ClNO2S3/c1-17-14(18)12(22-15(17)20)8-10-4-7-13(19-10)21-11-5-2-9(16)3-6-11/h2-8H,1H3. The highest BCUT2D eigenvalue weighted by Gasteiger charge is 2.28. The van der Waals surface area contributed by atoms with E-state index in [1.54, 1.807) is 13.1 Å². The van der Waals surface area contributed by atoms with E-state index in [4.69, 9.17) is 28.2 Å². The molecule has 22 heavy (non-hydrogen) atoms. The molecule has 7 heteroatoms. The zero-order chi connectivity index (χ0) is 15.7. The first-order valence-electron chi connectivity index (χ1n) is 6.28. The van der Waals surface area contributed by atoms with Crippen molar-refractivity contribution in [3.63, 3.8) is 0 Å². The molecule has 112 valence electrons. The molecule has 1 amide bonds. The van der Waals surface area contributed by atoms with Gasteiger partial charge in [0, 0.05) is 23.0 Å². The Labute approximate surface area is 146 Å². The highest BCUT2D eigenvalue weighted by molar-refractivity contribution is 8.26. The van der Waals surface area contributed by atoms with Gasteiger partial charge in [0.05, 0.1) is 4.91 Å². The van der Waals surface area contributed by atoms with Gasteiger partial charge in [-0.25, -0.2) is 0 Å². The molecule has 3 nitrogen and oxygen atoms in total. The summed E-state index contributed by atoms with van der Waals surface area (Å²) in [5, 5.41) is 1.45. The van der Waals surface area contributed by atoms with Crippen molar-refractivity contribution in [3.8, 4) is 0 Å². The van der Waals surface area contributed by atoms with E-state index in [0.29, 0.717) is 20.0 Å². The Hall–Kier alpha value is -1.21. The van der Waals surface area contributed by atoms with Crippen LogP contribution >= 0.6 is 47.3 Å². The number of furan rings is 1. The maximum absolute atomic E-state index is 11.9. The van der Waals surface area contributed by atoms with E-state index in [1.165, 1.54) is 28.4 Å². The number of halogens is 1. The zero-order valence-electron chi connectivity index (χ0n) is 11.4. The second-order valence-electron chi connectivity index (χ2n) is 4.45. The van der Waals surface area contributed by atoms with Gasteiger partial charge < -0.3 is 4.42 Å². The number of nitrogens with zero attached hydrogens (tertiary/aromatic N) is 1. The lowest BCUT2D eigenvalue weighted by molar-refractivity contribution is -0.121. The van der Waals surface area contributed by atoms with Crippen molar-refractivity contribution >= 4 is 63.6 Å². The van der Waals surface area contributed by atoms with Gasteiger partial charge in [-0.05, 0) is 36.4 Å². The second-order valence-corrected chi connectivity index (χ2v) is 7.64. The first-order chi connectivity index (χ1) is 10.5. The van der Waals surface area contributed by atoms with Crippen LogP contribution < -0.4 is 0 Å². The number of amides is 1. The summed E-state index contributed by atoms with van der Waals surface area (Å²) in [6, 6.07) is 11.2. The average molecular weight is 368 g/mol. The Bertz CT molecular complexity index is 767. The van der Waals surface area contributed by atoms with Crippen LogP contribution in [0.1, 0.15) is 5.76 Å². The number of carbonyl (C=O) groups is 1. The average Bonchev–Trinajstić information content (AvgIpc) is 3.03. The van der Waals surface area contributed by atoms with Crippen LogP contribution in [0.2, 0.25) is 5.02 Å². The minimum absolute atomic E-state index is 0.0988. The number of thioether (sulfide) groups is 1. The van der Waals surface area contributed by atoms with Gasteiger partial charge in [0.15, 0.2) is 5.09 Å². The van der Waals surface area contributed by atoms with Crippen LogP contribution in [0, 0.1) is 0 Å². The van der Waals surface area contributed by atoms with Crippen LogP contribution in [0.15, 0.2) is 55.7 Å². The summed E-state index contributed by atoms with van der Waals surface area (Å²) < 4.78 is 6.28. The Morgan fingerprint density at radius 1 is 1.27 bits per heavy atom. The molecule has 3 rings (SSSR count). The summed E-state index contributed by atoms with van der Waals surface area (Å²) in [4.78, 5) is 15.0. The Balaban J connectivity index is 1.75. The molecule has 1 aliphatic rings. The van der Waals surface area contributed by atoms with Crippen LogP contribution in [0.3, 0.4) is 0 Å². The molecule has 1 fully saturated rings. The van der Waals surface area contributed by atoms with E-state index in [1.807, 2.05) is 36.4 Å². The van der Waals surface area contributed by atoms with Crippen LogP contribution in [-0.4, -0.2) is 22.2 Å². The number of benzene rings is 1. The molecule has 2 aromatic rings. The third kappa shape index (κ3) is 3.41. The molecular formula is C15H10ClNO2S3. The number of hydrogen-bond acceptors (Lipinski definition) is 5. The third-order valence-corrected chi connectivity index (χ3v) is 5.56. The second kappa shape index (κ2) is 6.50. The normalized spacial score (nSPS) is 16.8. The first kappa shape index (κ1) is 15.7. The van der Waals surface area contributed by atoms with Crippen molar-refractivity contribution in [2.75, 3.05) is 7.05 Å². The lowest BCUT2D eigenvalue weighted by atomic mass is 10.4. The summed E-state index contributed by atoms with van der Waals surface area (Å²) >= 11 is 13.7. The van der Waals surface area contributed by atoms with Crippen molar-refractivity contribution in [1.82, 2.24) is 4.90 Å². The molecule has 0 N–H and O–H groups in total. The van der Waals surface area contributed by atoms with E-state index >= 15 is 0 Å². The molecule has 0 unspecified atom stereocenters. The highest BCUT2D eigenvalue weighted by Crippen LogP contribution is 2.34. The lowest BCUT2D eigenvalue weighted by Crippen LogP contribution is -2.22. The van der Waals surface area contributed by atoms with Gasteiger partial charge in [0.1, 0.15) is 10.1 Å². The van der Waals surface area contributed by atoms with Gasteiger partial charge in [0.2, 0.25) is 0 Å². The maximum atomic E-state index is 11.9. The number of carbonyl (C=O) groups excluding carboxylic acids is 1. The highest BCUT2D eigenvalue weighted by atomic mass is 35.5. The minimum Gasteiger partial charge on any atom is -0.450 e. The molecule has 1 aromatic carbocycles. The molecule has 0 radical (unpaired) electrons. The van der Waals surface area contributed by atoms with Gasteiger partial charge in [-0.1, -0.05) is 47.3 Å². The van der Waals surface area contributed by atoms with Crippen LogP contribution in [0.4, 0.5) is 0 Å². The summed E-state index contributed by atoms with van der Waals surface area (Å²) in [6.07, 6.45) is 1.72. The molecule has 1 aliphatic heterocycles. The van der Waals surface area contributed by atoms with E-state index < -0.39 is 0 Å². The van der Waals surface area contributed by atoms with Crippen molar-refractivity contribution in [2.24, 2.45) is 0 Å². The van der Waals surface area contributed by atoms with Crippen molar-refractivity contribution in [1.29, 1.82) is 0 Å². The topological polar surface area (TPSA) is 33.5 Å². The first-order valence-corrected chi connectivity index (χ1v) is 8.70. The van der Waals surface area contributed by atoms with Crippen molar-refractivity contribution in [3.05, 3.63) is 52.1 Å². The van der Waals surface area contributed by atoms with E-state index in [0.717, 1.165) is 9.99 Å². The largest absolute Gasteiger partial charge is 0.450 e. The SMILES string of the molecule is CN1C(=O)C(=Cc2ccc(Sc3ccc(Cl)cc3)o2)SC1=S. The fourth-order valence-corrected chi connectivity index (χ4v) is 3.82. The van der Waals surface area contributed by atoms with E-state index in [9.17, 15) is 4.79 Å².